The lowest BCUT2D eigenvalue weighted by Crippen LogP contribution is -2.12. The third kappa shape index (κ3) is 4.32. The van der Waals surface area contributed by atoms with E-state index in [2.05, 4.69) is 4.74 Å². The molecule has 0 bridgehead atoms. The number of nitro benzene ring substituents is 1. The van der Waals surface area contributed by atoms with Crippen LogP contribution in [0.2, 0.25) is 0 Å². The molecule has 0 saturated carbocycles. The van der Waals surface area contributed by atoms with Crippen molar-refractivity contribution >= 4 is 17.4 Å². The molecule has 0 radical (unpaired) electrons. The second-order valence-electron chi connectivity index (χ2n) is 3.62. The number of carbonyl (C=O) groups is 2. The smallest absolute Gasteiger partial charge is 0.313 e. The Hall–Kier alpha value is -2.24. The molecule has 96 valence electrons. The van der Waals surface area contributed by atoms with Gasteiger partial charge in [0.15, 0.2) is 0 Å². The van der Waals surface area contributed by atoms with Gasteiger partial charge in [0.05, 0.1) is 11.5 Å². The van der Waals surface area contributed by atoms with Gasteiger partial charge < -0.3 is 4.74 Å². The van der Waals surface area contributed by atoms with Crippen molar-refractivity contribution in [1.82, 2.24) is 0 Å². The van der Waals surface area contributed by atoms with Gasteiger partial charge in [0, 0.05) is 18.6 Å². The van der Waals surface area contributed by atoms with E-state index >= 15 is 0 Å². The van der Waals surface area contributed by atoms with Crippen LogP contribution in [0.15, 0.2) is 24.3 Å². The Bertz CT molecular complexity index is 452. The molecule has 1 rings (SSSR count). The molecule has 0 unspecified atom stereocenters. The molecule has 0 aliphatic carbocycles. The van der Waals surface area contributed by atoms with E-state index in [1.165, 1.54) is 24.3 Å². The summed E-state index contributed by atoms with van der Waals surface area (Å²) in [5.74, 6) is -0.827. The van der Waals surface area contributed by atoms with Crippen molar-refractivity contribution in [2.24, 2.45) is 0 Å². The number of nitro groups is 1. The molecule has 0 fully saturated rings. The van der Waals surface area contributed by atoms with Crippen molar-refractivity contribution in [3.8, 4) is 0 Å². The van der Waals surface area contributed by atoms with Crippen molar-refractivity contribution in [2.45, 2.75) is 19.8 Å². The first kappa shape index (κ1) is 13.8. The molecule has 6 heteroatoms. The maximum absolute atomic E-state index is 11.5. The Morgan fingerprint density at radius 1 is 1.28 bits per heavy atom. The highest BCUT2D eigenvalue weighted by Crippen LogP contribution is 2.12. The number of ketones is 1. The number of Topliss-reactive ketones (excluding diaryl/α,β-unsaturated/α-hetero) is 1. The second kappa shape index (κ2) is 6.48. The minimum Gasteiger partial charge on any atom is -0.466 e. The monoisotopic (exact) mass is 251 g/mol. The quantitative estimate of drug-likeness (QED) is 0.332. The third-order valence-electron chi connectivity index (χ3n) is 2.20. The number of benzene rings is 1. The lowest BCUT2D eigenvalue weighted by atomic mass is 10.1. The second-order valence-corrected chi connectivity index (χ2v) is 3.62. The molecule has 1 aromatic carbocycles. The molecule has 0 aliphatic heterocycles. The molecule has 0 aromatic heterocycles. The summed E-state index contributed by atoms with van der Waals surface area (Å²) < 4.78 is 4.65. The molecule has 0 atom stereocenters. The Morgan fingerprint density at radius 2 is 1.89 bits per heavy atom. The zero-order valence-electron chi connectivity index (χ0n) is 9.92. The van der Waals surface area contributed by atoms with Crippen LogP contribution >= 0.6 is 0 Å². The summed E-state index contributed by atoms with van der Waals surface area (Å²) in [6.07, 6.45) is -0.207. The largest absolute Gasteiger partial charge is 0.466 e. The summed E-state index contributed by atoms with van der Waals surface area (Å²) in [5.41, 5.74) is 0.603. The Kier molecular flexibility index (Phi) is 4.98. The third-order valence-corrected chi connectivity index (χ3v) is 2.20. The van der Waals surface area contributed by atoms with Crippen molar-refractivity contribution in [3.05, 3.63) is 39.9 Å². The van der Waals surface area contributed by atoms with Gasteiger partial charge in [0.2, 0.25) is 0 Å². The zero-order chi connectivity index (χ0) is 13.5. The summed E-state index contributed by atoms with van der Waals surface area (Å²) in [5, 5.41) is 10.4. The van der Waals surface area contributed by atoms with E-state index in [4.69, 9.17) is 0 Å². The zero-order valence-corrected chi connectivity index (χ0v) is 9.92. The number of nitrogens with zero attached hydrogens (tertiary/aromatic N) is 1. The number of esters is 1. The van der Waals surface area contributed by atoms with Crippen LogP contribution in [0.1, 0.15) is 18.9 Å². The lowest BCUT2D eigenvalue weighted by Gasteiger charge is -2.01. The van der Waals surface area contributed by atoms with Crippen LogP contribution in [0.25, 0.3) is 0 Å². The topological polar surface area (TPSA) is 86.5 Å². The summed E-state index contributed by atoms with van der Waals surface area (Å²) in [4.78, 5) is 32.5. The minimum absolute atomic E-state index is 0.0309. The highest BCUT2D eigenvalue weighted by molar-refractivity contribution is 5.96. The highest BCUT2D eigenvalue weighted by atomic mass is 16.6. The maximum atomic E-state index is 11.5. The molecule has 1 aromatic rings. The molecule has 0 saturated heterocycles. The van der Waals surface area contributed by atoms with Gasteiger partial charge in [-0.25, -0.2) is 0 Å². The molecule has 6 nitrogen and oxygen atoms in total. The van der Waals surface area contributed by atoms with Crippen LogP contribution in [-0.2, 0) is 20.7 Å². The first-order chi connectivity index (χ1) is 8.52. The van der Waals surface area contributed by atoms with Crippen LogP contribution in [-0.4, -0.2) is 23.3 Å². The molecule has 0 heterocycles. The Balaban J connectivity index is 2.54. The molecule has 0 aliphatic rings. The first-order valence-electron chi connectivity index (χ1n) is 5.43. The number of ether oxygens (including phenoxy) is 1. The minimum atomic E-state index is -0.551. The average Bonchev–Trinajstić information content (AvgIpc) is 2.29. The van der Waals surface area contributed by atoms with E-state index in [1.54, 1.807) is 6.92 Å². The predicted molar refractivity (Wildman–Crippen MR) is 63.1 cm³/mol. The molecule has 18 heavy (non-hydrogen) atoms. The van der Waals surface area contributed by atoms with E-state index in [0.29, 0.717) is 5.56 Å². The van der Waals surface area contributed by atoms with E-state index in [1.807, 2.05) is 0 Å². The van der Waals surface area contributed by atoms with E-state index < -0.39 is 10.9 Å². The Morgan fingerprint density at radius 3 is 2.39 bits per heavy atom. The van der Waals surface area contributed by atoms with Crippen molar-refractivity contribution in [3.63, 3.8) is 0 Å². The van der Waals surface area contributed by atoms with E-state index in [0.717, 1.165) is 0 Å². The van der Waals surface area contributed by atoms with Crippen molar-refractivity contribution < 1.29 is 19.2 Å². The average molecular weight is 251 g/mol. The van der Waals surface area contributed by atoms with Crippen LogP contribution in [0.5, 0.6) is 0 Å². The number of rotatable bonds is 6. The van der Waals surface area contributed by atoms with Crippen LogP contribution in [0.4, 0.5) is 5.69 Å². The van der Waals surface area contributed by atoms with Crippen LogP contribution in [0.3, 0.4) is 0 Å². The Labute approximate surface area is 104 Å². The van der Waals surface area contributed by atoms with Gasteiger partial charge >= 0.3 is 5.97 Å². The van der Waals surface area contributed by atoms with E-state index in [-0.39, 0.29) is 30.9 Å². The van der Waals surface area contributed by atoms with Gasteiger partial charge in [-0.3, -0.25) is 19.7 Å². The highest BCUT2D eigenvalue weighted by Gasteiger charge is 2.12. The van der Waals surface area contributed by atoms with Crippen LogP contribution < -0.4 is 0 Å². The summed E-state index contributed by atoms with van der Waals surface area (Å²) in [6.45, 7) is 1.91. The number of non-ortho nitro benzene ring substituents is 1. The maximum Gasteiger partial charge on any atom is 0.313 e. The SMILES string of the molecule is CCOC(=O)CC(=O)Cc1ccc([N+](=O)[O-])cc1. The van der Waals surface area contributed by atoms with Gasteiger partial charge in [0.1, 0.15) is 12.2 Å². The molecular weight excluding hydrogens is 238 g/mol. The van der Waals surface area contributed by atoms with Gasteiger partial charge in [-0.1, -0.05) is 12.1 Å². The standard InChI is InChI=1S/C12H13NO5/c1-2-18-12(15)8-11(14)7-9-3-5-10(6-4-9)13(16)17/h3-6H,2,7-8H2,1H3. The molecule has 0 amide bonds. The van der Waals surface area contributed by atoms with Gasteiger partial charge in [-0.15, -0.1) is 0 Å². The lowest BCUT2D eigenvalue weighted by molar-refractivity contribution is -0.384. The number of hydrogen-bond acceptors (Lipinski definition) is 5. The molecular formula is C12H13NO5. The fourth-order valence-electron chi connectivity index (χ4n) is 1.40. The normalized spacial score (nSPS) is 9.83. The van der Waals surface area contributed by atoms with Crippen LogP contribution in [0, 0.1) is 10.1 Å². The van der Waals surface area contributed by atoms with Crippen molar-refractivity contribution in [1.29, 1.82) is 0 Å². The van der Waals surface area contributed by atoms with Gasteiger partial charge in [0.25, 0.3) is 5.69 Å². The summed E-state index contributed by atoms with van der Waals surface area (Å²) in [7, 11) is 0. The first-order valence-corrected chi connectivity index (χ1v) is 5.43. The number of hydrogen-bond donors (Lipinski definition) is 0. The fraction of sp³-hybridized carbons (Fsp3) is 0.333. The fourth-order valence-corrected chi connectivity index (χ4v) is 1.40. The number of carbonyl (C=O) groups excluding carboxylic acids is 2. The molecule has 0 N–H and O–H groups in total. The molecule has 0 spiro atoms. The van der Waals surface area contributed by atoms with E-state index in [9.17, 15) is 19.7 Å². The summed E-state index contributed by atoms with van der Waals surface area (Å²) >= 11 is 0. The predicted octanol–water partition coefficient (Wildman–Crippen LogP) is 1.66. The summed E-state index contributed by atoms with van der Waals surface area (Å²) in [6, 6.07) is 5.66. The van der Waals surface area contributed by atoms with Gasteiger partial charge in [-0.05, 0) is 12.5 Å². The van der Waals surface area contributed by atoms with Gasteiger partial charge in [-0.2, -0.15) is 0 Å². The van der Waals surface area contributed by atoms with Crippen molar-refractivity contribution in [2.75, 3.05) is 6.61 Å².